The summed E-state index contributed by atoms with van der Waals surface area (Å²) in [6.45, 7) is 2.49. The van der Waals surface area contributed by atoms with E-state index in [-0.39, 0.29) is 0 Å². The summed E-state index contributed by atoms with van der Waals surface area (Å²) < 4.78 is 0. The maximum Gasteiger partial charge on any atom is 0.0907 e. The molecule has 3 N–H and O–H groups in total. The van der Waals surface area contributed by atoms with Gasteiger partial charge in [0, 0.05) is 19.1 Å². The largest absolute Gasteiger partial charge is 0.387 e. The van der Waals surface area contributed by atoms with E-state index in [9.17, 15) is 5.11 Å². The molecule has 0 bridgehead atoms. The lowest BCUT2D eigenvalue weighted by Gasteiger charge is -2.31. The summed E-state index contributed by atoms with van der Waals surface area (Å²) in [4.78, 5) is 0. The smallest absolute Gasteiger partial charge is 0.0907 e. The van der Waals surface area contributed by atoms with Crippen LogP contribution in [0.15, 0.2) is 0 Å². The molecule has 2 rings (SSSR count). The second-order valence-electron chi connectivity index (χ2n) is 4.16. The summed E-state index contributed by atoms with van der Waals surface area (Å²) in [5.74, 6) is 0. The molecular weight excluding hydrogens is 152 g/mol. The molecule has 2 aliphatic rings. The average Bonchev–Trinajstić information content (AvgIpc) is 2.33. The topological polar surface area (TPSA) is 44.3 Å². The predicted octanol–water partition coefficient (Wildman–Crippen LogP) is -0.147. The summed E-state index contributed by atoms with van der Waals surface area (Å²) in [5, 5.41) is 16.5. The number of aliphatic hydroxyl groups is 1. The van der Waals surface area contributed by atoms with Gasteiger partial charge in [0.15, 0.2) is 0 Å². The Balaban J connectivity index is 1.70. The van der Waals surface area contributed by atoms with Crippen LogP contribution in [-0.2, 0) is 0 Å². The van der Waals surface area contributed by atoms with Crippen molar-refractivity contribution in [2.24, 2.45) is 0 Å². The van der Waals surface area contributed by atoms with Crippen LogP contribution in [0.2, 0.25) is 0 Å². The molecule has 0 amide bonds. The lowest BCUT2D eigenvalue weighted by Crippen LogP contribution is -2.47. The molecule has 2 fully saturated rings. The second kappa shape index (κ2) is 3.32. The molecule has 0 radical (unpaired) electrons. The Morgan fingerprint density at radius 3 is 2.83 bits per heavy atom. The zero-order valence-electron chi connectivity index (χ0n) is 7.47. The van der Waals surface area contributed by atoms with Gasteiger partial charge in [-0.2, -0.15) is 0 Å². The van der Waals surface area contributed by atoms with Crippen molar-refractivity contribution in [1.29, 1.82) is 0 Å². The maximum atomic E-state index is 9.93. The van der Waals surface area contributed by atoms with Gasteiger partial charge in [0.1, 0.15) is 0 Å². The van der Waals surface area contributed by atoms with Gasteiger partial charge in [-0.1, -0.05) is 6.42 Å². The van der Waals surface area contributed by atoms with Gasteiger partial charge in [0.2, 0.25) is 0 Å². The van der Waals surface area contributed by atoms with Crippen LogP contribution in [-0.4, -0.2) is 36.4 Å². The Bertz CT molecular complexity index is 151. The molecule has 1 unspecified atom stereocenters. The molecule has 12 heavy (non-hydrogen) atoms. The number of rotatable bonds is 3. The lowest BCUT2D eigenvalue weighted by atomic mass is 9.92. The van der Waals surface area contributed by atoms with E-state index in [0.717, 1.165) is 26.1 Å². The van der Waals surface area contributed by atoms with Crippen molar-refractivity contribution in [2.45, 2.75) is 37.3 Å². The monoisotopic (exact) mass is 170 g/mol. The van der Waals surface area contributed by atoms with E-state index >= 15 is 0 Å². The first-order valence-corrected chi connectivity index (χ1v) is 4.95. The molecule has 1 aliphatic heterocycles. The Morgan fingerprint density at radius 2 is 2.33 bits per heavy atom. The van der Waals surface area contributed by atoms with E-state index in [1.807, 2.05) is 0 Å². The Labute approximate surface area is 73.5 Å². The van der Waals surface area contributed by atoms with Crippen molar-refractivity contribution >= 4 is 0 Å². The molecular formula is C9H18N2O. The van der Waals surface area contributed by atoms with Crippen LogP contribution in [0.1, 0.15) is 25.7 Å². The van der Waals surface area contributed by atoms with Gasteiger partial charge < -0.3 is 15.7 Å². The normalized spacial score (nSPS) is 36.8. The van der Waals surface area contributed by atoms with Gasteiger partial charge in [-0.05, 0) is 25.8 Å². The minimum Gasteiger partial charge on any atom is -0.387 e. The fourth-order valence-corrected chi connectivity index (χ4v) is 1.83. The van der Waals surface area contributed by atoms with Crippen LogP contribution in [0.5, 0.6) is 0 Å². The SMILES string of the molecule is OC1(CNC2CCC2)CCNC1. The first-order valence-electron chi connectivity index (χ1n) is 4.95. The second-order valence-corrected chi connectivity index (χ2v) is 4.16. The zero-order chi connectivity index (χ0) is 8.44. The van der Waals surface area contributed by atoms with Crippen LogP contribution in [0.4, 0.5) is 0 Å². The minimum absolute atomic E-state index is 0.463. The van der Waals surface area contributed by atoms with E-state index in [1.54, 1.807) is 0 Å². The van der Waals surface area contributed by atoms with Crippen LogP contribution in [0.25, 0.3) is 0 Å². The third kappa shape index (κ3) is 1.79. The lowest BCUT2D eigenvalue weighted by molar-refractivity contribution is 0.0546. The van der Waals surface area contributed by atoms with Crippen molar-refractivity contribution in [2.75, 3.05) is 19.6 Å². The van der Waals surface area contributed by atoms with E-state index in [2.05, 4.69) is 10.6 Å². The van der Waals surface area contributed by atoms with Crippen LogP contribution in [0, 0.1) is 0 Å². The number of hydrogen-bond acceptors (Lipinski definition) is 3. The average molecular weight is 170 g/mol. The zero-order valence-corrected chi connectivity index (χ0v) is 7.47. The fraction of sp³-hybridized carbons (Fsp3) is 1.00. The van der Waals surface area contributed by atoms with Crippen LogP contribution < -0.4 is 10.6 Å². The molecule has 0 aromatic carbocycles. The first kappa shape index (κ1) is 8.48. The van der Waals surface area contributed by atoms with Gasteiger partial charge in [-0.15, -0.1) is 0 Å². The van der Waals surface area contributed by atoms with Crippen molar-refractivity contribution in [3.63, 3.8) is 0 Å². The van der Waals surface area contributed by atoms with Crippen molar-refractivity contribution < 1.29 is 5.11 Å². The van der Waals surface area contributed by atoms with Gasteiger partial charge in [0.25, 0.3) is 0 Å². The molecule has 1 heterocycles. The molecule has 1 saturated heterocycles. The summed E-state index contributed by atoms with van der Waals surface area (Å²) >= 11 is 0. The molecule has 3 heteroatoms. The molecule has 1 aliphatic carbocycles. The van der Waals surface area contributed by atoms with Crippen LogP contribution >= 0.6 is 0 Å². The molecule has 0 spiro atoms. The van der Waals surface area contributed by atoms with E-state index in [0.29, 0.717) is 6.04 Å². The van der Waals surface area contributed by atoms with E-state index in [4.69, 9.17) is 0 Å². The summed E-state index contributed by atoms with van der Waals surface area (Å²) in [5.41, 5.74) is -0.463. The van der Waals surface area contributed by atoms with Gasteiger partial charge in [0.05, 0.1) is 5.60 Å². The Morgan fingerprint density at radius 1 is 1.50 bits per heavy atom. The number of hydrogen-bond donors (Lipinski definition) is 3. The molecule has 0 aromatic heterocycles. The molecule has 1 saturated carbocycles. The standard InChI is InChI=1S/C9H18N2O/c12-9(4-5-10-6-9)7-11-8-2-1-3-8/h8,10-12H,1-7H2. The number of β-amino-alcohol motifs (C(OH)–C–C–N with tert-alkyl or cyclic N) is 1. The Hall–Kier alpha value is -0.120. The summed E-state index contributed by atoms with van der Waals surface area (Å²) in [6.07, 6.45) is 4.84. The van der Waals surface area contributed by atoms with Crippen molar-refractivity contribution in [3.8, 4) is 0 Å². The van der Waals surface area contributed by atoms with E-state index < -0.39 is 5.60 Å². The maximum absolute atomic E-state index is 9.93. The highest BCUT2D eigenvalue weighted by Crippen LogP contribution is 2.20. The highest BCUT2D eigenvalue weighted by Gasteiger charge is 2.31. The molecule has 3 nitrogen and oxygen atoms in total. The fourth-order valence-electron chi connectivity index (χ4n) is 1.83. The predicted molar refractivity (Wildman–Crippen MR) is 48.1 cm³/mol. The molecule has 0 aromatic rings. The van der Waals surface area contributed by atoms with Gasteiger partial charge >= 0.3 is 0 Å². The third-order valence-electron chi connectivity index (χ3n) is 3.05. The minimum atomic E-state index is -0.463. The first-order chi connectivity index (χ1) is 5.79. The number of nitrogens with one attached hydrogen (secondary N) is 2. The summed E-state index contributed by atoms with van der Waals surface area (Å²) in [6, 6.07) is 0.689. The van der Waals surface area contributed by atoms with Crippen molar-refractivity contribution in [1.82, 2.24) is 10.6 Å². The van der Waals surface area contributed by atoms with E-state index in [1.165, 1.54) is 19.3 Å². The Kier molecular flexibility index (Phi) is 2.35. The third-order valence-corrected chi connectivity index (χ3v) is 3.05. The highest BCUT2D eigenvalue weighted by atomic mass is 16.3. The molecule has 1 atom stereocenters. The quantitative estimate of drug-likeness (QED) is 0.552. The van der Waals surface area contributed by atoms with Gasteiger partial charge in [-0.25, -0.2) is 0 Å². The van der Waals surface area contributed by atoms with Crippen LogP contribution in [0.3, 0.4) is 0 Å². The highest BCUT2D eigenvalue weighted by molar-refractivity contribution is 4.91. The molecule has 70 valence electrons. The summed E-state index contributed by atoms with van der Waals surface area (Å²) in [7, 11) is 0. The van der Waals surface area contributed by atoms with Crippen molar-refractivity contribution in [3.05, 3.63) is 0 Å². The van der Waals surface area contributed by atoms with Gasteiger partial charge in [-0.3, -0.25) is 0 Å².